The zero-order valence-electron chi connectivity index (χ0n) is 9.70. The minimum Gasteiger partial charge on any atom is -0.289 e. The molecule has 1 aromatic carbocycles. The van der Waals surface area contributed by atoms with E-state index in [0.29, 0.717) is 16.1 Å². The molecule has 1 aromatic heterocycles. The number of nitrogens with zero attached hydrogens (tertiary/aromatic N) is 1. The Bertz CT molecular complexity index is 578. The van der Waals surface area contributed by atoms with Crippen LogP contribution in [0.25, 0.3) is 0 Å². The molecule has 3 heteroatoms. The lowest BCUT2D eigenvalue weighted by Crippen LogP contribution is -2.04. The van der Waals surface area contributed by atoms with Crippen LogP contribution in [0.1, 0.15) is 27.0 Å². The summed E-state index contributed by atoms with van der Waals surface area (Å²) in [6.07, 6.45) is 3.30. The molecule has 0 fully saturated rings. The van der Waals surface area contributed by atoms with Crippen molar-refractivity contribution in [1.29, 1.82) is 0 Å². The SMILES string of the molecule is Cc1cncc(C(=O)c2cc(Cl)ccc2C)c1. The van der Waals surface area contributed by atoms with Gasteiger partial charge in [-0.2, -0.15) is 0 Å². The quantitative estimate of drug-likeness (QED) is 0.757. The Morgan fingerprint density at radius 1 is 1.18 bits per heavy atom. The molecule has 2 rings (SSSR count). The topological polar surface area (TPSA) is 30.0 Å². The number of halogens is 1. The molecule has 1 heterocycles. The Hall–Kier alpha value is -1.67. The maximum atomic E-state index is 12.3. The zero-order valence-corrected chi connectivity index (χ0v) is 10.5. The summed E-state index contributed by atoms with van der Waals surface area (Å²) >= 11 is 5.91. The van der Waals surface area contributed by atoms with Gasteiger partial charge in [0.1, 0.15) is 0 Å². The summed E-state index contributed by atoms with van der Waals surface area (Å²) in [4.78, 5) is 16.3. The van der Waals surface area contributed by atoms with Gasteiger partial charge < -0.3 is 0 Å². The number of carbonyl (C=O) groups is 1. The molecule has 86 valence electrons. The largest absolute Gasteiger partial charge is 0.289 e. The predicted molar refractivity (Wildman–Crippen MR) is 68.6 cm³/mol. The Morgan fingerprint density at radius 2 is 1.94 bits per heavy atom. The highest BCUT2D eigenvalue weighted by atomic mass is 35.5. The lowest BCUT2D eigenvalue weighted by Gasteiger charge is -2.05. The summed E-state index contributed by atoms with van der Waals surface area (Å²) in [6.45, 7) is 3.81. The van der Waals surface area contributed by atoms with E-state index in [2.05, 4.69) is 4.98 Å². The van der Waals surface area contributed by atoms with Crippen LogP contribution >= 0.6 is 11.6 Å². The molecule has 17 heavy (non-hydrogen) atoms. The fourth-order valence-electron chi connectivity index (χ4n) is 1.67. The highest BCUT2D eigenvalue weighted by Gasteiger charge is 2.12. The van der Waals surface area contributed by atoms with Crippen molar-refractivity contribution in [2.75, 3.05) is 0 Å². The van der Waals surface area contributed by atoms with Crippen LogP contribution in [0.2, 0.25) is 5.02 Å². The average Bonchev–Trinajstić information content (AvgIpc) is 2.31. The Kier molecular flexibility index (Phi) is 3.25. The van der Waals surface area contributed by atoms with Gasteiger partial charge in [0.05, 0.1) is 0 Å². The molecule has 0 saturated heterocycles. The molecular weight excluding hydrogens is 234 g/mol. The molecule has 0 unspecified atom stereocenters. The van der Waals surface area contributed by atoms with Gasteiger partial charge in [0.25, 0.3) is 0 Å². The fourth-order valence-corrected chi connectivity index (χ4v) is 1.85. The summed E-state index contributed by atoms with van der Waals surface area (Å²) in [5.74, 6) is -0.0406. The molecular formula is C14H12ClNO. The van der Waals surface area contributed by atoms with Crippen molar-refractivity contribution < 1.29 is 4.79 Å². The molecule has 0 aliphatic heterocycles. The van der Waals surface area contributed by atoms with Gasteiger partial charge in [-0.05, 0) is 43.2 Å². The highest BCUT2D eigenvalue weighted by Crippen LogP contribution is 2.19. The normalized spacial score (nSPS) is 10.3. The second-order valence-corrected chi connectivity index (χ2v) is 4.48. The molecule has 0 bridgehead atoms. The smallest absolute Gasteiger partial charge is 0.194 e. The third-order valence-electron chi connectivity index (χ3n) is 2.58. The van der Waals surface area contributed by atoms with Crippen LogP contribution in [-0.2, 0) is 0 Å². The number of carbonyl (C=O) groups excluding carboxylic acids is 1. The number of rotatable bonds is 2. The molecule has 0 amide bonds. The summed E-state index contributed by atoms with van der Waals surface area (Å²) in [6, 6.07) is 7.15. The number of pyridine rings is 1. The summed E-state index contributed by atoms with van der Waals surface area (Å²) < 4.78 is 0. The van der Waals surface area contributed by atoms with Crippen molar-refractivity contribution in [2.24, 2.45) is 0 Å². The van der Waals surface area contributed by atoms with Crippen LogP contribution in [0.15, 0.2) is 36.7 Å². The van der Waals surface area contributed by atoms with Crippen LogP contribution in [0.5, 0.6) is 0 Å². The number of hydrogen-bond acceptors (Lipinski definition) is 2. The molecule has 2 nitrogen and oxygen atoms in total. The first-order valence-electron chi connectivity index (χ1n) is 5.30. The van der Waals surface area contributed by atoms with Crippen molar-refractivity contribution >= 4 is 17.4 Å². The van der Waals surface area contributed by atoms with Crippen LogP contribution in [0.4, 0.5) is 0 Å². The first-order chi connectivity index (χ1) is 8.08. The van der Waals surface area contributed by atoms with E-state index in [-0.39, 0.29) is 5.78 Å². The Morgan fingerprint density at radius 3 is 2.65 bits per heavy atom. The average molecular weight is 246 g/mol. The maximum Gasteiger partial charge on any atom is 0.194 e. The lowest BCUT2D eigenvalue weighted by atomic mass is 10.00. The van der Waals surface area contributed by atoms with Gasteiger partial charge in [-0.25, -0.2) is 0 Å². The van der Waals surface area contributed by atoms with E-state index in [9.17, 15) is 4.79 Å². The Balaban J connectivity index is 2.47. The number of benzene rings is 1. The van der Waals surface area contributed by atoms with Gasteiger partial charge >= 0.3 is 0 Å². The molecule has 0 N–H and O–H groups in total. The maximum absolute atomic E-state index is 12.3. The van der Waals surface area contributed by atoms with Crippen LogP contribution in [-0.4, -0.2) is 10.8 Å². The van der Waals surface area contributed by atoms with Gasteiger partial charge in [-0.1, -0.05) is 17.7 Å². The van der Waals surface area contributed by atoms with E-state index in [1.165, 1.54) is 0 Å². The van der Waals surface area contributed by atoms with Crippen molar-refractivity contribution in [2.45, 2.75) is 13.8 Å². The van der Waals surface area contributed by atoms with E-state index in [4.69, 9.17) is 11.6 Å². The third kappa shape index (κ3) is 2.53. The summed E-state index contributed by atoms with van der Waals surface area (Å²) in [5, 5.41) is 0.569. The molecule has 2 aromatic rings. The fraction of sp³-hybridized carbons (Fsp3) is 0.143. The second-order valence-electron chi connectivity index (χ2n) is 4.04. The monoisotopic (exact) mass is 245 g/mol. The summed E-state index contributed by atoms with van der Waals surface area (Å²) in [5.41, 5.74) is 3.11. The first-order valence-corrected chi connectivity index (χ1v) is 5.68. The predicted octanol–water partition coefficient (Wildman–Crippen LogP) is 3.58. The molecule has 0 aliphatic carbocycles. The van der Waals surface area contributed by atoms with Crippen molar-refractivity contribution in [1.82, 2.24) is 4.98 Å². The minimum atomic E-state index is -0.0406. The van der Waals surface area contributed by atoms with Crippen molar-refractivity contribution in [3.05, 3.63) is 63.9 Å². The molecule has 0 aliphatic rings. The van der Waals surface area contributed by atoms with E-state index in [1.807, 2.05) is 26.0 Å². The highest BCUT2D eigenvalue weighted by molar-refractivity contribution is 6.31. The van der Waals surface area contributed by atoms with Crippen molar-refractivity contribution in [3.8, 4) is 0 Å². The Labute approximate surface area is 105 Å². The molecule has 0 saturated carbocycles. The number of aromatic nitrogens is 1. The second kappa shape index (κ2) is 4.68. The third-order valence-corrected chi connectivity index (χ3v) is 2.82. The minimum absolute atomic E-state index is 0.0406. The van der Waals surface area contributed by atoms with Crippen LogP contribution < -0.4 is 0 Å². The zero-order chi connectivity index (χ0) is 12.4. The van der Waals surface area contributed by atoms with Crippen LogP contribution in [0.3, 0.4) is 0 Å². The molecule has 0 atom stereocenters. The molecule has 0 radical (unpaired) electrons. The van der Waals surface area contributed by atoms with Crippen LogP contribution in [0, 0.1) is 13.8 Å². The number of hydrogen-bond donors (Lipinski definition) is 0. The van der Waals surface area contributed by atoms with E-state index >= 15 is 0 Å². The van der Waals surface area contributed by atoms with Gasteiger partial charge in [0.15, 0.2) is 5.78 Å². The van der Waals surface area contributed by atoms with Crippen molar-refractivity contribution in [3.63, 3.8) is 0 Å². The van der Waals surface area contributed by atoms with E-state index in [0.717, 1.165) is 11.1 Å². The van der Waals surface area contributed by atoms with E-state index < -0.39 is 0 Å². The van der Waals surface area contributed by atoms with Gasteiger partial charge in [0.2, 0.25) is 0 Å². The van der Waals surface area contributed by atoms with E-state index in [1.54, 1.807) is 24.5 Å². The number of aryl methyl sites for hydroxylation is 2. The first kappa shape index (κ1) is 11.8. The summed E-state index contributed by atoms with van der Waals surface area (Å²) in [7, 11) is 0. The molecule has 0 spiro atoms. The lowest BCUT2D eigenvalue weighted by molar-refractivity contribution is 0.103. The van der Waals surface area contributed by atoms with Gasteiger partial charge in [-0.3, -0.25) is 9.78 Å². The van der Waals surface area contributed by atoms with Gasteiger partial charge in [-0.15, -0.1) is 0 Å². The standard InChI is InChI=1S/C14H12ClNO/c1-9-5-11(8-16-7-9)14(17)13-6-12(15)4-3-10(13)2/h3-8H,1-2H3. The van der Waals surface area contributed by atoms with Gasteiger partial charge in [0, 0.05) is 28.5 Å². The number of ketones is 1.